The molecule has 7 heteroatoms. The van der Waals surface area contributed by atoms with Crippen molar-refractivity contribution in [2.45, 2.75) is 26.3 Å². The number of nitriles is 1. The minimum absolute atomic E-state index is 0.508. The highest BCUT2D eigenvalue weighted by atomic mass is 32.1. The van der Waals surface area contributed by atoms with Crippen molar-refractivity contribution in [3.63, 3.8) is 0 Å². The molecule has 0 spiro atoms. The number of aromatic nitrogens is 3. The summed E-state index contributed by atoms with van der Waals surface area (Å²) in [5.41, 5.74) is 6.24. The molecule has 0 unspecified atom stereocenters. The van der Waals surface area contributed by atoms with Crippen molar-refractivity contribution in [2.24, 2.45) is 0 Å². The molecule has 0 amide bonds. The molecule has 1 fully saturated rings. The van der Waals surface area contributed by atoms with Gasteiger partial charge in [0.1, 0.15) is 11.1 Å². The SMILES string of the molecule is Cc1c(Nc2c(C#N)cncc2C=Cc2csc(CN3CCCC3)n2)ccc2[nH]ccc12. The van der Waals surface area contributed by atoms with E-state index in [0.717, 1.165) is 50.7 Å². The Kier molecular flexibility index (Phi) is 5.71. The molecule has 0 radical (unpaired) electrons. The van der Waals surface area contributed by atoms with Gasteiger partial charge in [-0.1, -0.05) is 0 Å². The Labute approximate surface area is 191 Å². The van der Waals surface area contributed by atoms with Crippen LogP contribution in [0.4, 0.5) is 11.4 Å². The molecule has 6 nitrogen and oxygen atoms in total. The molecule has 1 saturated heterocycles. The molecular weight excluding hydrogens is 416 g/mol. The number of fused-ring (bicyclic) bond motifs is 1. The van der Waals surface area contributed by atoms with Gasteiger partial charge in [0.05, 0.1) is 23.5 Å². The molecule has 32 heavy (non-hydrogen) atoms. The number of nitrogens with zero attached hydrogens (tertiary/aromatic N) is 4. The smallest absolute Gasteiger partial charge is 0.107 e. The Morgan fingerprint density at radius 2 is 2.09 bits per heavy atom. The standard InChI is InChI=1S/C25H24N6S/c1-17-21-8-9-28-23(21)7-6-22(17)30-25-18(13-27-14-19(25)12-26)4-5-20-16-32-24(29-20)15-31-10-2-3-11-31/h4-9,13-14,16,28H,2-3,10-11,15H2,1H3,(H,27,30). The van der Waals surface area contributed by atoms with Gasteiger partial charge in [-0.25, -0.2) is 4.98 Å². The molecule has 4 heterocycles. The van der Waals surface area contributed by atoms with Gasteiger partial charge in [-0.3, -0.25) is 9.88 Å². The number of thiazole rings is 1. The minimum atomic E-state index is 0.508. The number of nitrogens with one attached hydrogen (secondary N) is 2. The van der Waals surface area contributed by atoms with Crippen LogP contribution < -0.4 is 5.32 Å². The van der Waals surface area contributed by atoms with Crippen LogP contribution in [0.15, 0.2) is 42.2 Å². The summed E-state index contributed by atoms with van der Waals surface area (Å²) in [4.78, 5) is 14.7. The van der Waals surface area contributed by atoms with E-state index in [1.807, 2.05) is 30.5 Å². The van der Waals surface area contributed by atoms with E-state index < -0.39 is 0 Å². The molecule has 1 aromatic carbocycles. The summed E-state index contributed by atoms with van der Waals surface area (Å²) in [6, 6.07) is 8.41. The van der Waals surface area contributed by atoms with Crippen LogP contribution in [0.1, 0.15) is 40.2 Å². The van der Waals surface area contributed by atoms with E-state index in [4.69, 9.17) is 4.98 Å². The number of hydrogen-bond acceptors (Lipinski definition) is 6. The third kappa shape index (κ3) is 4.15. The molecule has 5 rings (SSSR count). The second kappa shape index (κ2) is 8.95. The van der Waals surface area contributed by atoms with Crippen molar-refractivity contribution in [1.29, 1.82) is 5.26 Å². The van der Waals surface area contributed by atoms with Crippen LogP contribution in [0.5, 0.6) is 0 Å². The average Bonchev–Trinajstić information content (AvgIpc) is 3.57. The highest BCUT2D eigenvalue weighted by molar-refractivity contribution is 7.09. The lowest BCUT2D eigenvalue weighted by Gasteiger charge is -2.14. The van der Waals surface area contributed by atoms with E-state index in [2.05, 4.69) is 44.6 Å². The molecule has 0 bridgehead atoms. The van der Waals surface area contributed by atoms with E-state index in [1.54, 1.807) is 23.7 Å². The predicted molar refractivity (Wildman–Crippen MR) is 131 cm³/mol. The third-order valence-electron chi connectivity index (χ3n) is 5.92. The lowest BCUT2D eigenvalue weighted by atomic mass is 10.1. The first-order valence-electron chi connectivity index (χ1n) is 10.8. The number of hydrogen-bond donors (Lipinski definition) is 2. The summed E-state index contributed by atoms with van der Waals surface area (Å²) in [5, 5.41) is 17.5. The van der Waals surface area contributed by atoms with Gasteiger partial charge in [0.25, 0.3) is 0 Å². The number of pyridine rings is 1. The largest absolute Gasteiger partial charge is 0.361 e. The Morgan fingerprint density at radius 1 is 1.22 bits per heavy atom. The molecule has 0 saturated carbocycles. The molecule has 1 aliphatic rings. The summed E-state index contributed by atoms with van der Waals surface area (Å²) >= 11 is 1.70. The van der Waals surface area contributed by atoms with Crippen LogP contribution in [0.25, 0.3) is 23.1 Å². The maximum absolute atomic E-state index is 9.68. The van der Waals surface area contributed by atoms with E-state index in [-0.39, 0.29) is 0 Å². The maximum Gasteiger partial charge on any atom is 0.107 e. The first kappa shape index (κ1) is 20.4. The molecule has 0 aliphatic carbocycles. The predicted octanol–water partition coefficient (Wildman–Crippen LogP) is 5.71. The minimum Gasteiger partial charge on any atom is -0.361 e. The van der Waals surface area contributed by atoms with Gasteiger partial charge in [-0.05, 0) is 68.8 Å². The summed E-state index contributed by atoms with van der Waals surface area (Å²) < 4.78 is 0. The summed E-state index contributed by atoms with van der Waals surface area (Å²) in [5.74, 6) is 0. The molecule has 160 valence electrons. The van der Waals surface area contributed by atoms with Gasteiger partial charge < -0.3 is 10.3 Å². The summed E-state index contributed by atoms with van der Waals surface area (Å²) in [7, 11) is 0. The maximum atomic E-state index is 9.68. The lowest BCUT2D eigenvalue weighted by molar-refractivity contribution is 0.331. The van der Waals surface area contributed by atoms with Gasteiger partial charge in [0, 0.05) is 46.1 Å². The third-order valence-corrected chi connectivity index (χ3v) is 6.77. The fourth-order valence-electron chi connectivity index (χ4n) is 4.16. The van der Waals surface area contributed by atoms with Gasteiger partial charge in [0.15, 0.2) is 0 Å². The number of H-pyrrole nitrogens is 1. The summed E-state index contributed by atoms with van der Waals surface area (Å²) in [6.45, 7) is 5.34. The molecule has 1 aliphatic heterocycles. The first-order valence-corrected chi connectivity index (χ1v) is 11.7. The molecule has 4 aromatic rings. The number of aryl methyl sites for hydroxylation is 1. The van der Waals surface area contributed by atoms with Crippen LogP contribution in [0.2, 0.25) is 0 Å². The molecule has 3 aromatic heterocycles. The average molecular weight is 441 g/mol. The number of likely N-dealkylation sites (tertiary alicyclic amines) is 1. The second-order valence-corrected chi connectivity index (χ2v) is 8.99. The van der Waals surface area contributed by atoms with Crippen molar-refractivity contribution < 1.29 is 0 Å². The van der Waals surface area contributed by atoms with E-state index in [1.165, 1.54) is 25.9 Å². The van der Waals surface area contributed by atoms with Gasteiger partial charge >= 0.3 is 0 Å². The second-order valence-electron chi connectivity index (χ2n) is 8.05. The quantitative estimate of drug-likeness (QED) is 0.401. The van der Waals surface area contributed by atoms with E-state index in [0.29, 0.717) is 5.56 Å². The fraction of sp³-hybridized carbons (Fsp3) is 0.240. The zero-order valence-corrected chi connectivity index (χ0v) is 18.7. The van der Waals surface area contributed by atoms with Gasteiger partial charge in [-0.2, -0.15) is 5.26 Å². The number of benzene rings is 1. The zero-order valence-electron chi connectivity index (χ0n) is 17.9. The summed E-state index contributed by atoms with van der Waals surface area (Å²) in [6.07, 6.45) is 11.9. The number of rotatable bonds is 6. The van der Waals surface area contributed by atoms with Crippen molar-refractivity contribution >= 4 is 45.8 Å². The van der Waals surface area contributed by atoms with E-state index in [9.17, 15) is 5.26 Å². The van der Waals surface area contributed by atoms with Crippen LogP contribution >= 0.6 is 11.3 Å². The first-order chi connectivity index (χ1) is 15.7. The number of aromatic amines is 1. The Hall–Kier alpha value is -3.47. The topological polar surface area (TPSA) is 80.6 Å². The van der Waals surface area contributed by atoms with E-state index >= 15 is 0 Å². The molecule has 0 atom stereocenters. The van der Waals surface area contributed by atoms with Gasteiger partial charge in [-0.15, -0.1) is 11.3 Å². The van der Waals surface area contributed by atoms with Crippen molar-refractivity contribution in [2.75, 3.05) is 18.4 Å². The highest BCUT2D eigenvalue weighted by Gasteiger charge is 2.14. The Bertz CT molecular complexity index is 1320. The normalized spacial score (nSPS) is 14.4. The molecular formula is C25H24N6S. The van der Waals surface area contributed by atoms with Crippen LogP contribution in [0, 0.1) is 18.3 Å². The highest BCUT2D eigenvalue weighted by Crippen LogP contribution is 2.31. The Morgan fingerprint density at radius 3 is 2.94 bits per heavy atom. The fourth-order valence-corrected chi connectivity index (χ4v) is 4.97. The Balaban J connectivity index is 1.41. The van der Waals surface area contributed by atoms with Crippen LogP contribution in [-0.2, 0) is 6.54 Å². The lowest BCUT2D eigenvalue weighted by Crippen LogP contribution is -2.18. The zero-order chi connectivity index (χ0) is 21.9. The van der Waals surface area contributed by atoms with Crippen LogP contribution in [0.3, 0.4) is 0 Å². The van der Waals surface area contributed by atoms with Crippen molar-refractivity contribution in [3.8, 4) is 6.07 Å². The van der Waals surface area contributed by atoms with Crippen molar-refractivity contribution in [1.82, 2.24) is 19.9 Å². The molecule has 2 N–H and O–H groups in total. The monoisotopic (exact) mass is 440 g/mol. The van der Waals surface area contributed by atoms with Crippen molar-refractivity contribution in [3.05, 3.63) is 69.6 Å². The van der Waals surface area contributed by atoms with Crippen LogP contribution in [-0.4, -0.2) is 32.9 Å². The number of anilines is 2. The van der Waals surface area contributed by atoms with Gasteiger partial charge in [0.2, 0.25) is 0 Å².